The Kier molecular flexibility index (Phi) is 6.29. The van der Waals surface area contributed by atoms with Crippen molar-refractivity contribution >= 4 is 12.4 Å². The van der Waals surface area contributed by atoms with Gasteiger partial charge in [0.2, 0.25) is 0 Å². The van der Waals surface area contributed by atoms with Gasteiger partial charge in [0.15, 0.2) is 0 Å². The van der Waals surface area contributed by atoms with Crippen molar-refractivity contribution in [1.29, 1.82) is 0 Å². The van der Waals surface area contributed by atoms with Gasteiger partial charge >= 0.3 is 0 Å². The third-order valence-electron chi connectivity index (χ3n) is 3.67. The summed E-state index contributed by atoms with van der Waals surface area (Å²) in [6.07, 6.45) is 7.13. The summed E-state index contributed by atoms with van der Waals surface area (Å²) in [6, 6.07) is 0. The summed E-state index contributed by atoms with van der Waals surface area (Å²) in [5.41, 5.74) is 0.577. The second kappa shape index (κ2) is 8.64. The lowest BCUT2D eigenvalue weighted by Crippen LogP contribution is -2.31. The topological polar surface area (TPSA) is 149 Å². The average molecular weight is 347 g/mol. The number of carbonyl (C=O) groups excluding carboxylic acids is 1. The predicted octanol–water partition coefficient (Wildman–Crippen LogP) is -1.06. The van der Waals surface area contributed by atoms with Gasteiger partial charge in [-0.25, -0.2) is 4.98 Å². The van der Waals surface area contributed by atoms with E-state index < -0.39 is 6.10 Å². The monoisotopic (exact) mass is 347 g/mol. The van der Waals surface area contributed by atoms with Crippen LogP contribution >= 0.6 is 0 Å². The van der Waals surface area contributed by atoms with Gasteiger partial charge in [-0.05, 0) is 6.42 Å². The minimum absolute atomic E-state index is 0.0941. The zero-order chi connectivity index (χ0) is 18.2. The number of nitrogens with zero attached hydrogens (tertiary/aromatic N) is 4. The fraction of sp³-hybridized carbons (Fsp3) is 0.333. The summed E-state index contributed by atoms with van der Waals surface area (Å²) >= 11 is 0. The molecule has 0 radical (unpaired) electrons. The standard InChI is InChI=1S/C14H15N5O3.CH2O2/c20-12-8-19(14(22)11-5-18-13(21)6-17-11)7-9(12)3-10-4-15-1-2-16-10;2-1-3/h1-2,4-6,9,12,20H,3,7-8H2,(H,18,21);1H,(H,2,3)/t9-,12-;/m1./s1. The van der Waals surface area contributed by atoms with E-state index in [9.17, 15) is 14.7 Å². The molecule has 10 nitrogen and oxygen atoms in total. The van der Waals surface area contributed by atoms with Gasteiger partial charge in [0.1, 0.15) is 5.69 Å². The SMILES string of the molecule is O=C(c1c[nH]c(=O)cn1)N1C[C@@H](Cc2cnccn2)[C@H](O)C1.O=CO. The summed E-state index contributed by atoms with van der Waals surface area (Å²) in [6.45, 7) is 0.405. The van der Waals surface area contributed by atoms with Gasteiger partial charge in [0, 0.05) is 43.8 Å². The van der Waals surface area contributed by atoms with E-state index in [2.05, 4.69) is 19.9 Å². The highest BCUT2D eigenvalue weighted by molar-refractivity contribution is 5.92. The molecule has 1 aliphatic heterocycles. The van der Waals surface area contributed by atoms with E-state index >= 15 is 0 Å². The number of amides is 1. The molecule has 3 N–H and O–H groups in total. The third-order valence-corrected chi connectivity index (χ3v) is 3.67. The fourth-order valence-electron chi connectivity index (χ4n) is 2.55. The molecule has 0 aromatic carbocycles. The summed E-state index contributed by atoms with van der Waals surface area (Å²) in [5, 5.41) is 17.0. The van der Waals surface area contributed by atoms with Crippen molar-refractivity contribution in [2.45, 2.75) is 12.5 Å². The van der Waals surface area contributed by atoms with Crippen LogP contribution in [0.1, 0.15) is 16.2 Å². The van der Waals surface area contributed by atoms with Gasteiger partial charge < -0.3 is 20.1 Å². The van der Waals surface area contributed by atoms with Crippen LogP contribution < -0.4 is 5.56 Å². The number of rotatable bonds is 3. The molecule has 3 heterocycles. The molecule has 25 heavy (non-hydrogen) atoms. The molecule has 1 aliphatic rings. The maximum absolute atomic E-state index is 12.3. The van der Waals surface area contributed by atoms with E-state index in [0.717, 1.165) is 11.9 Å². The fourth-order valence-corrected chi connectivity index (χ4v) is 2.55. The number of hydrogen-bond acceptors (Lipinski definition) is 7. The van der Waals surface area contributed by atoms with Crippen LogP contribution in [0.4, 0.5) is 0 Å². The Morgan fingerprint density at radius 2 is 2.08 bits per heavy atom. The number of aromatic nitrogens is 4. The Morgan fingerprint density at radius 1 is 1.32 bits per heavy atom. The molecule has 0 saturated carbocycles. The molecule has 1 saturated heterocycles. The first kappa shape index (κ1) is 18.2. The highest BCUT2D eigenvalue weighted by Gasteiger charge is 2.35. The summed E-state index contributed by atoms with van der Waals surface area (Å²) in [7, 11) is 0. The molecule has 2 aromatic rings. The van der Waals surface area contributed by atoms with Crippen LogP contribution in [0.2, 0.25) is 0 Å². The van der Waals surface area contributed by atoms with Crippen molar-refractivity contribution in [1.82, 2.24) is 24.8 Å². The minimum atomic E-state index is -0.617. The number of β-amino-alcohol motifs (C(OH)–C–C–N with tert-alkyl or cyclic N) is 1. The highest BCUT2D eigenvalue weighted by Crippen LogP contribution is 2.21. The summed E-state index contributed by atoms with van der Waals surface area (Å²) < 4.78 is 0. The predicted molar refractivity (Wildman–Crippen MR) is 84.7 cm³/mol. The zero-order valence-electron chi connectivity index (χ0n) is 13.1. The molecule has 2 aromatic heterocycles. The van der Waals surface area contributed by atoms with Crippen molar-refractivity contribution in [3.63, 3.8) is 0 Å². The molecule has 0 spiro atoms. The smallest absolute Gasteiger partial charge is 0.290 e. The molecular formula is C15H17N5O5. The molecule has 132 valence electrons. The average Bonchev–Trinajstić information content (AvgIpc) is 2.97. The van der Waals surface area contributed by atoms with E-state index in [1.54, 1.807) is 18.6 Å². The third kappa shape index (κ3) is 4.91. The van der Waals surface area contributed by atoms with Crippen LogP contribution in [0.15, 0.2) is 35.8 Å². The molecule has 0 bridgehead atoms. The van der Waals surface area contributed by atoms with Gasteiger partial charge in [0.05, 0.1) is 18.0 Å². The van der Waals surface area contributed by atoms with E-state index in [-0.39, 0.29) is 36.1 Å². The van der Waals surface area contributed by atoms with Crippen molar-refractivity contribution < 1.29 is 19.8 Å². The number of likely N-dealkylation sites (tertiary alicyclic amines) is 1. The largest absolute Gasteiger partial charge is 0.483 e. The Bertz CT molecular complexity index is 746. The molecule has 1 amide bonds. The Balaban J connectivity index is 0.000000701. The Morgan fingerprint density at radius 3 is 2.68 bits per heavy atom. The van der Waals surface area contributed by atoms with Gasteiger partial charge in [-0.15, -0.1) is 0 Å². The number of aliphatic hydroxyl groups is 1. The van der Waals surface area contributed by atoms with Crippen molar-refractivity contribution in [3.8, 4) is 0 Å². The molecule has 0 unspecified atom stereocenters. The van der Waals surface area contributed by atoms with Crippen LogP contribution in [0.3, 0.4) is 0 Å². The van der Waals surface area contributed by atoms with Gasteiger partial charge in [-0.1, -0.05) is 0 Å². The molecular weight excluding hydrogens is 330 g/mol. The summed E-state index contributed by atoms with van der Waals surface area (Å²) in [4.78, 5) is 47.6. The first-order chi connectivity index (χ1) is 12.0. The molecule has 0 aliphatic carbocycles. The van der Waals surface area contributed by atoms with Crippen LogP contribution in [0.25, 0.3) is 0 Å². The van der Waals surface area contributed by atoms with Gasteiger partial charge in [-0.2, -0.15) is 0 Å². The maximum atomic E-state index is 12.3. The zero-order valence-corrected chi connectivity index (χ0v) is 13.1. The first-order valence-corrected chi connectivity index (χ1v) is 7.40. The van der Waals surface area contributed by atoms with E-state index in [0.29, 0.717) is 13.0 Å². The lowest BCUT2D eigenvalue weighted by Gasteiger charge is -2.15. The number of H-pyrrole nitrogens is 1. The Labute approximate surface area is 142 Å². The number of carboxylic acid groups (broad SMARTS) is 1. The number of nitrogens with one attached hydrogen (secondary N) is 1. The number of aliphatic hydroxyl groups excluding tert-OH is 1. The second-order valence-electron chi connectivity index (χ2n) is 5.34. The van der Waals surface area contributed by atoms with Crippen LogP contribution in [0, 0.1) is 5.92 Å². The van der Waals surface area contributed by atoms with Crippen LogP contribution in [-0.4, -0.2) is 66.6 Å². The number of carbonyl (C=O) groups is 2. The molecule has 2 atom stereocenters. The molecule has 1 fully saturated rings. The Hall–Kier alpha value is -3.14. The first-order valence-electron chi connectivity index (χ1n) is 7.40. The van der Waals surface area contributed by atoms with Crippen molar-refractivity contribution in [3.05, 3.63) is 52.7 Å². The van der Waals surface area contributed by atoms with Crippen LogP contribution in [0.5, 0.6) is 0 Å². The molecule has 10 heteroatoms. The van der Waals surface area contributed by atoms with E-state index in [4.69, 9.17) is 9.90 Å². The molecule has 3 rings (SSSR count). The quantitative estimate of drug-likeness (QED) is 0.595. The number of aromatic amines is 1. The van der Waals surface area contributed by atoms with Crippen molar-refractivity contribution in [2.24, 2.45) is 5.92 Å². The highest BCUT2D eigenvalue weighted by atomic mass is 16.3. The number of hydrogen-bond donors (Lipinski definition) is 3. The van der Waals surface area contributed by atoms with Crippen molar-refractivity contribution in [2.75, 3.05) is 13.1 Å². The van der Waals surface area contributed by atoms with Gasteiger partial charge in [-0.3, -0.25) is 24.4 Å². The van der Waals surface area contributed by atoms with E-state index in [1.165, 1.54) is 11.1 Å². The normalized spacial score (nSPS) is 19.0. The van der Waals surface area contributed by atoms with Crippen LogP contribution in [-0.2, 0) is 11.2 Å². The van der Waals surface area contributed by atoms with Gasteiger partial charge in [0.25, 0.3) is 17.9 Å². The lowest BCUT2D eigenvalue weighted by molar-refractivity contribution is -0.122. The minimum Gasteiger partial charge on any atom is -0.483 e. The second-order valence-corrected chi connectivity index (χ2v) is 5.34. The lowest BCUT2D eigenvalue weighted by atomic mass is 10.0. The maximum Gasteiger partial charge on any atom is 0.290 e. The summed E-state index contributed by atoms with van der Waals surface area (Å²) in [5.74, 6) is -0.402. The van der Waals surface area contributed by atoms with E-state index in [1.807, 2.05) is 0 Å².